The molecule has 1 amide bonds. The Morgan fingerprint density at radius 1 is 1.50 bits per heavy atom. The van der Waals surface area contributed by atoms with E-state index in [0.29, 0.717) is 18.7 Å². The molecular formula is C14H15NO3. The topological polar surface area (TPSA) is 55.4 Å². The molecule has 0 radical (unpaired) electrons. The number of ether oxygens (including phenoxy) is 1. The lowest BCUT2D eigenvalue weighted by molar-refractivity contribution is -0.142. The van der Waals surface area contributed by atoms with Gasteiger partial charge in [0.1, 0.15) is 0 Å². The van der Waals surface area contributed by atoms with Gasteiger partial charge in [-0.3, -0.25) is 9.59 Å². The molecule has 4 heteroatoms. The molecule has 0 saturated carbocycles. The second-order valence-electron chi connectivity index (χ2n) is 4.01. The minimum Gasteiger partial charge on any atom is -0.466 e. The van der Waals surface area contributed by atoms with E-state index in [4.69, 9.17) is 4.74 Å². The number of rotatable bonds is 4. The van der Waals surface area contributed by atoms with Crippen molar-refractivity contribution in [3.05, 3.63) is 41.0 Å². The van der Waals surface area contributed by atoms with E-state index in [2.05, 4.69) is 5.32 Å². The molecule has 1 N–H and O–H groups in total. The molecule has 1 heterocycles. The first-order valence-corrected chi connectivity index (χ1v) is 5.94. The van der Waals surface area contributed by atoms with Crippen molar-refractivity contribution in [1.82, 2.24) is 5.32 Å². The Labute approximate surface area is 106 Å². The predicted octanol–water partition coefficient (Wildman–Crippen LogP) is 1.90. The molecule has 0 spiro atoms. The Balaban J connectivity index is 2.02. The average molecular weight is 245 g/mol. The summed E-state index contributed by atoms with van der Waals surface area (Å²) in [5.41, 5.74) is 2.64. The predicted molar refractivity (Wildman–Crippen MR) is 67.9 cm³/mol. The van der Waals surface area contributed by atoms with Gasteiger partial charge in [0.15, 0.2) is 0 Å². The van der Waals surface area contributed by atoms with E-state index in [-0.39, 0.29) is 18.3 Å². The van der Waals surface area contributed by atoms with Crippen molar-refractivity contribution in [2.24, 2.45) is 0 Å². The number of fused-ring (bicyclic) bond motifs is 1. The maximum absolute atomic E-state index is 11.5. The fraction of sp³-hybridized carbons (Fsp3) is 0.286. The summed E-state index contributed by atoms with van der Waals surface area (Å²) in [7, 11) is 0. The van der Waals surface area contributed by atoms with Gasteiger partial charge in [-0.15, -0.1) is 0 Å². The molecule has 4 nitrogen and oxygen atoms in total. The summed E-state index contributed by atoms with van der Waals surface area (Å²) in [5.74, 6) is -0.279. The molecule has 0 aliphatic carbocycles. The first-order valence-electron chi connectivity index (χ1n) is 5.94. The van der Waals surface area contributed by atoms with E-state index < -0.39 is 0 Å². The lowest BCUT2D eigenvalue weighted by Crippen LogP contribution is -2.12. The molecule has 0 unspecified atom stereocenters. The van der Waals surface area contributed by atoms with E-state index >= 15 is 0 Å². The van der Waals surface area contributed by atoms with Crippen LogP contribution in [-0.4, -0.2) is 18.5 Å². The summed E-state index contributed by atoms with van der Waals surface area (Å²) in [5, 5.41) is 2.77. The molecule has 94 valence electrons. The molecule has 1 aliphatic rings. The largest absolute Gasteiger partial charge is 0.466 e. The van der Waals surface area contributed by atoms with Gasteiger partial charge in [0.25, 0.3) is 5.91 Å². The van der Waals surface area contributed by atoms with Crippen LogP contribution in [0.1, 0.15) is 34.8 Å². The fourth-order valence-corrected chi connectivity index (χ4v) is 1.85. The third kappa shape index (κ3) is 2.77. The van der Waals surface area contributed by atoms with Crippen LogP contribution in [0.2, 0.25) is 0 Å². The number of hydrogen-bond donors (Lipinski definition) is 1. The van der Waals surface area contributed by atoms with Gasteiger partial charge in [-0.2, -0.15) is 0 Å². The summed E-state index contributed by atoms with van der Waals surface area (Å²) < 4.78 is 4.82. The molecule has 0 bridgehead atoms. The van der Waals surface area contributed by atoms with Crippen LogP contribution < -0.4 is 5.32 Å². The number of amides is 1. The van der Waals surface area contributed by atoms with E-state index in [9.17, 15) is 9.59 Å². The average Bonchev–Trinajstić information content (AvgIpc) is 2.71. The SMILES string of the molecule is CCOC(=O)CC=Cc1ccc2c(c1)C(=O)NC2. The molecule has 18 heavy (non-hydrogen) atoms. The smallest absolute Gasteiger partial charge is 0.309 e. The normalized spacial score (nSPS) is 13.5. The van der Waals surface area contributed by atoms with Crippen LogP contribution in [0.4, 0.5) is 0 Å². The first kappa shape index (κ1) is 12.4. The van der Waals surface area contributed by atoms with Gasteiger partial charge >= 0.3 is 5.97 Å². The van der Waals surface area contributed by atoms with E-state index in [1.165, 1.54) is 0 Å². The van der Waals surface area contributed by atoms with Crippen LogP contribution in [0.15, 0.2) is 24.3 Å². The van der Waals surface area contributed by atoms with Crippen LogP contribution in [0.25, 0.3) is 6.08 Å². The van der Waals surface area contributed by atoms with Crippen molar-refractivity contribution in [3.8, 4) is 0 Å². The van der Waals surface area contributed by atoms with Crippen molar-refractivity contribution in [2.75, 3.05) is 6.61 Å². The van der Waals surface area contributed by atoms with Crippen LogP contribution in [0, 0.1) is 0 Å². The van der Waals surface area contributed by atoms with Gasteiger partial charge < -0.3 is 10.1 Å². The number of carbonyl (C=O) groups excluding carboxylic acids is 2. The summed E-state index contributed by atoms with van der Waals surface area (Å²) in [6.45, 7) is 2.77. The minimum absolute atomic E-state index is 0.0364. The van der Waals surface area contributed by atoms with Crippen LogP contribution >= 0.6 is 0 Å². The second-order valence-corrected chi connectivity index (χ2v) is 4.01. The quantitative estimate of drug-likeness (QED) is 0.824. The molecule has 1 aliphatic heterocycles. The van der Waals surface area contributed by atoms with Crippen molar-refractivity contribution in [3.63, 3.8) is 0 Å². The monoisotopic (exact) mass is 245 g/mol. The number of benzene rings is 1. The highest BCUT2D eigenvalue weighted by Gasteiger charge is 2.17. The zero-order valence-electron chi connectivity index (χ0n) is 10.2. The van der Waals surface area contributed by atoms with Crippen molar-refractivity contribution in [2.45, 2.75) is 19.9 Å². The van der Waals surface area contributed by atoms with Gasteiger partial charge in [0.2, 0.25) is 0 Å². The second kappa shape index (κ2) is 5.49. The van der Waals surface area contributed by atoms with E-state index in [1.807, 2.05) is 24.3 Å². The lowest BCUT2D eigenvalue weighted by Gasteiger charge is -1.99. The molecule has 2 rings (SSSR count). The third-order valence-electron chi connectivity index (χ3n) is 2.72. The number of carbonyl (C=O) groups is 2. The van der Waals surface area contributed by atoms with Crippen LogP contribution in [0.3, 0.4) is 0 Å². The summed E-state index contributed by atoms with van der Waals surface area (Å²) in [6.07, 6.45) is 3.81. The highest BCUT2D eigenvalue weighted by molar-refractivity contribution is 5.98. The van der Waals surface area contributed by atoms with Gasteiger partial charge in [-0.05, 0) is 24.1 Å². The van der Waals surface area contributed by atoms with Gasteiger partial charge in [0.05, 0.1) is 13.0 Å². The van der Waals surface area contributed by atoms with Crippen molar-refractivity contribution in [1.29, 1.82) is 0 Å². The molecule has 0 saturated heterocycles. The van der Waals surface area contributed by atoms with Crippen LogP contribution in [0.5, 0.6) is 0 Å². The van der Waals surface area contributed by atoms with Crippen LogP contribution in [-0.2, 0) is 16.1 Å². The Morgan fingerprint density at radius 3 is 3.11 bits per heavy atom. The summed E-state index contributed by atoms with van der Waals surface area (Å²) in [6, 6.07) is 5.69. The highest BCUT2D eigenvalue weighted by atomic mass is 16.5. The highest BCUT2D eigenvalue weighted by Crippen LogP contribution is 2.18. The maximum atomic E-state index is 11.5. The summed E-state index contributed by atoms with van der Waals surface area (Å²) >= 11 is 0. The van der Waals surface area contributed by atoms with Crippen molar-refractivity contribution < 1.29 is 14.3 Å². The van der Waals surface area contributed by atoms with E-state index in [0.717, 1.165) is 11.1 Å². The molecule has 1 aromatic carbocycles. The van der Waals surface area contributed by atoms with Gasteiger partial charge in [-0.1, -0.05) is 24.3 Å². The Morgan fingerprint density at radius 2 is 2.33 bits per heavy atom. The Hall–Kier alpha value is -2.10. The summed E-state index contributed by atoms with van der Waals surface area (Å²) in [4.78, 5) is 22.6. The Kier molecular flexibility index (Phi) is 3.77. The molecular weight excluding hydrogens is 230 g/mol. The lowest BCUT2D eigenvalue weighted by atomic mass is 10.1. The number of hydrogen-bond acceptors (Lipinski definition) is 3. The minimum atomic E-state index is -0.243. The van der Waals surface area contributed by atoms with Gasteiger partial charge in [0, 0.05) is 12.1 Å². The van der Waals surface area contributed by atoms with E-state index in [1.54, 1.807) is 13.0 Å². The zero-order valence-corrected chi connectivity index (χ0v) is 10.2. The standard InChI is InChI=1S/C14H15NO3/c1-2-18-13(16)5-3-4-10-6-7-11-9-15-14(17)12(11)8-10/h3-4,6-8H,2,5,9H2,1H3,(H,15,17). The van der Waals surface area contributed by atoms with Crippen molar-refractivity contribution >= 4 is 18.0 Å². The number of esters is 1. The molecule has 0 aromatic heterocycles. The number of nitrogens with one attached hydrogen (secondary N) is 1. The molecule has 0 atom stereocenters. The Bertz CT molecular complexity index is 506. The molecule has 0 fully saturated rings. The molecule has 1 aromatic rings. The first-order chi connectivity index (χ1) is 8.70. The third-order valence-corrected chi connectivity index (χ3v) is 2.72. The zero-order chi connectivity index (χ0) is 13.0. The van der Waals surface area contributed by atoms with Gasteiger partial charge in [-0.25, -0.2) is 0 Å². The fourth-order valence-electron chi connectivity index (χ4n) is 1.85. The maximum Gasteiger partial charge on any atom is 0.309 e.